The average Bonchev–Trinajstić information content (AvgIpc) is 2.01. The van der Waals surface area contributed by atoms with Crippen LogP contribution in [0.1, 0.15) is 5.56 Å². The molecular weight excluding hydrogens is 185 g/mol. The summed E-state index contributed by atoms with van der Waals surface area (Å²) in [6.45, 7) is -5.02. The lowest BCUT2D eigenvalue weighted by molar-refractivity contribution is 0.499. The molecule has 0 N–H and O–H groups in total. The molecule has 0 aromatic carbocycles. The molecule has 0 saturated heterocycles. The molecule has 1 rings (SSSR count). The van der Waals surface area contributed by atoms with Gasteiger partial charge < -0.3 is 12.9 Å². The molecule has 0 bridgehead atoms. The number of nitrogens with zero attached hydrogens (tertiary/aromatic N) is 1. The Hall–Kier alpha value is -1.33. The van der Waals surface area contributed by atoms with Crippen LogP contribution >= 0.6 is 0 Å². The highest BCUT2D eigenvalue weighted by Crippen LogP contribution is 2.13. The van der Waals surface area contributed by atoms with Gasteiger partial charge in [0.15, 0.2) is 0 Å². The fraction of sp³-hybridized carbons (Fsp3) is 0. The molecular formula is C7H5BF4N-. The fourth-order valence-electron chi connectivity index (χ4n) is 0.736. The van der Waals surface area contributed by atoms with Crippen molar-refractivity contribution in [1.82, 2.24) is 4.98 Å². The number of pyridine rings is 1. The van der Waals surface area contributed by atoms with Crippen molar-refractivity contribution < 1.29 is 17.3 Å². The Bertz CT molecular complexity index is 321. The molecule has 0 spiro atoms. The number of hydrogen-bond acceptors (Lipinski definition) is 1. The Morgan fingerprint density at radius 2 is 2.00 bits per heavy atom. The zero-order valence-electron chi connectivity index (χ0n) is 6.42. The van der Waals surface area contributed by atoms with Crippen LogP contribution in [0.5, 0.6) is 0 Å². The molecule has 70 valence electrons. The minimum Gasteiger partial charge on any atom is -0.445 e. The van der Waals surface area contributed by atoms with Crippen molar-refractivity contribution >= 4 is 13.1 Å². The molecule has 0 radical (unpaired) electrons. The largest absolute Gasteiger partial charge is 0.502 e. The van der Waals surface area contributed by atoms with Crippen molar-refractivity contribution in [2.24, 2.45) is 0 Å². The Morgan fingerprint density at radius 3 is 2.54 bits per heavy atom. The quantitative estimate of drug-likeness (QED) is 0.396. The third-order valence-electron chi connectivity index (χ3n) is 1.28. The molecule has 0 atom stereocenters. The highest BCUT2D eigenvalue weighted by atomic mass is 19.4. The van der Waals surface area contributed by atoms with Gasteiger partial charge in [0.05, 0.1) is 0 Å². The van der Waals surface area contributed by atoms with E-state index in [1.165, 1.54) is 18.3 Å². The van der Waals surface area contributed by atoms with Crippen LogP contribution in [-0.4, -0.2) is 12.0 Å². The minimum atomic E-state index is -5.02. The molecule has 1 aromatic rings. The van der Waals surface area contributed by atoms with Crippen LogP contribution in [0.3, 0.4) is 0 Å². The third-order valence-corrected chi connectivity index (χ3v) is 1.28. The van der Waals surface area contributed by atoms with Gasteiger partial charge in [-0.2, -0.15) is 4.39 Å². The summed E-state index contributed by atoms with van der Waals surface area (Å²) in [6.07, 6.45) is 1.84. The molecule has 0 saturated carbocycles. The van der Waals surface area contributed by atoms with E-state index in [9.17, 15) is 17.3 Å². The van der Waals surface area contributed by atoms with Crippen molar-refractivity contribution in [2.45, 2.75) is 0 Å². The maximum absolute atomic E-state index is 12.6. The number of hydrogen-bond donors (Lipinski definition) is 0. The van der Waals surface area contributed by atoms with E-state index in [4.69, 9.17) is 0 Å². The first kappa shape index (κ1) is 9.76. The van der Waals surface area contributed by atoms with E-state index in [0.717, 1.165) is 0 Å². The maximum Gasteiger partial charge on any atom is 0.502 e. The number of halogens is 4. The van der Waals surface area contributed by atoms with Gasteiger partial charge in [-0.3, -0.25) is 0 Å². The van der Waals surface area contributed by atoms with Gasteiger partial charge in [0.2, 0.25) is 5.95 Å². The highest BCUT2D eigenvalue weighted by Gasteiger charge is 2.17. The first-order chi connectivity index (χ1) is 5.99. The zero-order valence-corrected chi connectivity index (χ0v) is 6.42. The lowest BCUT2D eigenvalue weighted by atomic mass is 9.91. The summed E-state index contributed by atoms with van der Waals surface area (Å²) in [4.78, 5) is 3.20. The lowest BCUT2D eigenvalue weighted by Gasteiger charge is -2.05. The molecule has 0 amide bonds. The molecule has 0 aliphatic heterocycles. The Kier molecular flexibility index (Phi) is 2.70. The highest BCUT2D eigenvalue weighted by molar-refractivity contribution is 6.64. The van der Waals surface area contributed by atoms with Crippen molar-refractivity contribution in [3.8, 4) is 0 Å². The summed E-state index contributed by atoms with van der Waals surface area (Å²) in [5.41, 5.74) is -0.165. The molecule has 0 aliphatic carbocycles. The molecule has 0 aliphatic rings. The van der Waals surface area contributed by atoms with Crippen molar-refractivity contribution in [2.75, 3.05) is 0 Å². The summed E-state index contributed by atoms with van der Waals surface area (Å²) in [5, 5.41) is 0. The van der Waals surface area contributed by atoms with E-state index in [2.05, 4.69) is 4.98 Å². The van der Waals surface area contributed by atoms with Crippen LogP contribution in [0.4, 0.5) is 17.3 Å². The van der Waals surface area contributed by atoms with Gasteiger partial charge in [0, 0.05) is 11.8 Å². The van der Waals surface area contributed by atoms with Gasteiger partial charge in [0.1, 0.15) is 0 Å². The topological polar surface area (TPSA) is 12.9 Å². The predicted octanol–water partition coefficient (Wildman–Crippen LogP) is 2.62. The van der Waals surface area contributed by atoms with Crippen LogP contribution in [0, 0.1) is 5.95 Å². The summed E-state index contributed by atoms with van der Waals surface area (Å²) in [5.74, 6) is -0.876. The fourth-order valence-corrected chi connectivity index (χ4v) is 0.736. The zero-order chi connectivity index (χ0) is 9.90. The molecule has 1 nitrogen and oxygen atoms in total. The van der Waals surface area contributed by atoms with Crippen molar-refractivity contribution in [3.63, 3.8) is 0 Å². The van der Waals surface area contributed by atoms with Crippen LogP contribution in [0.15, 0.2) is 24.3 Å². The van der Waals surface area contributed by atoms with Crippen LogP contribution in [-0.2, 0) is 0 Å². The SMILES string of the molecule is Fc1ncccc1/C=C/[B-](F)(F)F. The van der Waals surface area contributed by atoms with E-state index < -0.39 is 12.9 Å². The van der Waals surface area contributed by atoms with Crippen molar-refractivity contribution in [1.29, 1.82) is 0 Å². The van der Waals surface area contributed by atoms with Crippen LogP contribution in [0.2, 0.25) is 0 Å². The first-order valence-electron chi connectivity index (χ1n) is 3.49. The van der Waals surface area contributed by atoms with Gasteiger partial charge >= 0.3 is 6.98 Å². The van der Waals surface area contributed by atoms with E-state index in [0.29, 0.717) is 6.08 Å². The lowest BCUT2D eigenvalue weighted by Crippen LogP contribution is -2.09. The second-order valence-corrected chi connectivity index (χ2v) is 2.37. The van der Waals surface area contributed by atoms with Gasteiger partial charge in [-0.05, 0) is 12.1 Å². The van der Waals surface area contributed by atoms with E-state index in [1.807, 2.05) is 0 Å². The molecule has 6 heteroatoms. The van der Waals surface area contributed by atoms with Gasteiger partial charge in [-0.25, -0.2) is 4.98 Å². The molecule has 1 heterocycles. The Balaban J connectivity index is 2.86. The van der Waals surface area contributed by atoms with E-state index >= 15 is 0 Å². The summed E-state index contributed by atoms with van der Waals surface area (Å²) >= 11 is 0. The second-order valence-electron chi connectivity index (χ2n) is 2.37. The van der Waals surface area contributed by atoms with E-state index in [1.54, 1.807) is 0 Å². The predicted molar refractivity (Wildman–Crippen MR) is 42.3 cm³/mol. The Labute approximate surface area is 72.2 Å². The molecule has 0 unspecified atom stereocenters. The summed E-state index contributed by atoms with van der Waals surface area (Å²) in [7, 11) is 0. The molecule has 0 fully saturated rings. The van der Waals surface area contributed by atoms with Crippen LogP contribution < -0.4 is 0 Å². The Morgan fingerprint density at radius 1 is 1.31 bits per heavy atom. The molecule has 13 heavy (non-hydrogen) atoms. The molecule has 1 aromatic heterocycles. The van der Waals surface area contributed by atoms with Crippen LogP contribution in [0.25, 0.3) is 6.08 Å². The standard InChI is InChI=1S/C7H5BF4N/c9-7-6(2-1-5-13-7)3-4-8(10,11)12/h1-5H/q-1/b4-3+. The second kappa shape index (κ2) is 3.59. The van der Waals surface area contributed by atoms with Gasteiger partial charge in [0.25, 0.3) is 0 Å². The summed E-state index contributed by atoms with van der Waals surface area (Å²) in [6, 6.07) is 2.59. The maximum atomic E-state index is 12.6. The van der Waals surface area contributed by atoms with E-state index in [-0.39, 0.29) is 11.5 Å². The van der Waals surface area contributed by atoms with Gasteiger partial charge in [-0.1, -0.05) is 6.08 Å². The number of rotatable bonds is 2. The summed E-state index contributed by atoms with van der Waals surface area (Å²) < 4.78 is 47.8. The van der Waals surface area contributed by atoms with Gasteiger partial charge in [-0.15, -0.1) is 5.98 Å². The monoisotopic (exact) mass is 190 g/mol. The third kappa shape index (κ3) is 3.27. The average molecular weight is 190 g/mol. The van der Waals surface area contributed by atoms with Crippen molar-refractivity contribution in [3.05, 3.63) is 35.8 Å². The normalized spacial score (nSPS) is 12.3. The number of aromatic nitrogens is 1. The first-order valence-corrected chi connectivity index (χ1v) is 3.49. The minimum absolute atomic E-state index is 0.0279. The smallest absolute Gasteiger partial charge is 0.445 e.